The number of aliphatic hydroxyl groups excluding tert-OH is 2. The van der Waals surface area contributed by atoms with Gasteiger partial charge >= 0.3 is 17.9 Å². The van der Waals surface area contributed by atoms with Crippen LogP contribution in [0.4, 0.5) is 0 Å². The molecule has 0 spiro atoms. The van der Waals surface area contributed by atoms with Crippen molar-refractivity contribution in [3.8, 4) is 0 Å². The summed E-state index contributed by atoms with van der Waals surface area (Å²) in [6.07, 6.45) is -7.10. The molecule has 59 heavy (non-hydrogen) atoms. The molecule has 0 aliphatic heterocycles. The predicted octanol–water partition coefficient (Wildman–Crippen LogP) is 5.70. The van der Waals surface area contributed by atoms with Gasteiger partial charge in [0.15, 0.2) is 6.10 Å². The van der Waals surface area contributed by atoms with Crippen molar-refractivity contribution in [3.05, 3.63) is 131 Å². The van der Waals surface area contributed by atoms with Crippen LogP contribution < -0.4 is 5.32 Å². The maximum absolute atomic E-state index is 14.2. The lowest BCUT2D eigenvalue weighted by Gasteiger charge is -2.53. The molecule has 0 bridgehead atoms. The summed E-state index contributed by atoms with van der Waals surface area (Å²) in [5.74, 6) is -3.47. The lowest BCUT2D eigenvalue weighted by atomic mass is 9.56. The minimum atomic E-state index is -1.86. The number of rotatable bonds is 12. The molecule has 12 heteroatoms. The SMILES string of the molecule is C=C1[C@H]2C[C@]3(C(C)(C)O)C[C@H](OC(=O)[C@H](O)[C@@H](NC(=O)c4ccccc4)c4ccccc4)C(C)=C3[C@@H](OCc3ccccc3)[C@H](OC(C)=O)[C@]2(C)[C@@H](OC(C)=O)C[C@@H]1O. The number of hydrogen-bond acceptors (Lipinski definition) is 11. The van der Waals surface area contributed by atoms with E-state index >= 15 is 0 Å². The van der Waals surface area contributed by atoms with Gasteiger partial charge < -0.3 is 39.6 Å². The Kier molecular flexibility index (Phi) is 12.7. The quantitative estimate of drug-likeness (QED) is 0.100. The molecule has 314 valence electrons. The van der Waals surface area contributed by atoms with E-state index in [1.54, 1.807) is 81.4 Å². The number of amides is 1. The molecule has 6 rings (SSSR count). The highest BCUT2D eigenvalue weighted by Gasteiger charge is 2.68. The van der Waals surface area contributed by atoms with Gasteiger partial charge in [-0.3, -0.25) is 14.4 Å². The van der Waals surface area contributed by atoms with Gasteiger partial charge in [-0.2, -0.15) is 0 Å². The molecule has 1 amide bonds. The first kappa shape index (κ1) is 43.4. The third-order valence-electron chi connectivity index (χ3n) is 12.8. The fourth-order valence-electron chi connectivity index (χ4n) is 9.64. The van der Waals surface area contributed by atoms with Crippen LogP contribution in [0.25, 0.3) is 0 Å². The minimum Gasteiger partial charge on any atom is -0.462 e. The fourth-order valence-corrected chi connectivity index (χ4v) is 9.64. The maximum Gasteiger partial charge on any atom is 0.338 e. The highest BCUT2D eigenvalue weighted by Crippen LogP contribution is 2.65. The standard InChI is InChI=1S/C47H55NO11/c1-27-34-24-47(45(5,6)55)25-36(59-44(54)40(52)39(32-19-13-9-14-20-32)48-43(53)33-21-15-10-16-22-33)28(2)38(47)41(56-26-31-17-11-8-12-18-31)42(58-30(4)50)46(34,7)37(23-35(27)51)57-29(3)49/h8-22,34-37,39-42,51-52,55H,1,23-26H2,2-7H3,(H,48,53)/t34-,35+,36+,37+,39+,40-,41-,42+,46+,47+/m1/s1. The Labute approximate surface area is 345 Å². The van der Waals surface area contributed by atoms with Crippen molar-refractivity contribution in [1.82, 2.24) is 5.32 Å². The molecule has 2 saturated carbocycles. The van der Waals surface area contributed by atoms with Crippen molar-refractivity contribution in [2.75, 3.05) is 0 Å². The summed E-state index contributed by atoms with van der Waals surface area (Å²) < 4.78 is 25.3. The van der Waals surface area contributed by atoms with E-state index in [1.807, 2.05) is 37.3 Å². The average Bonchev–Trinajstić information content (AvgIpc) is 3.43. The molecule has 12 nitrogen and oxygen atoms in total. The summed E-state index contributed by atoms with van der Waals surface area (Å²) >= 11 is 0. The van der Waals surface area contributed by atoms with Crippen LogP contribution in [0.3, 0.4) is 0 Å². The second-order valence-electron chi connectivity index (χ2n) is 16.8. The van der Waals surface area contributed by atoms with Crippen molar-refractivity contribution in [1.29, 1.82) is 0 Å². The zero-order valence-corrected chi connectivity index (χ0v) is 34.4. The van der Waals surface area contributed by atoms with E-state index in [0.717, 1.165) is 5.56 Å². The normalized spacial score (nSPS) is 28.9. The summed E-state index contributed by atoms with van der Waals surface area (Å²) in [5, 5.41) is 38.4. The largest absolute Gasteiger partial charge is 0.462 e. The van der Waals surface area contributed by atoms with Gasteiger partial charge in [0.2, 0.25) is 0 Å². The first-order chi connectivity index (χ1) is 27.9. The van der Waals surface area contributed by atoms with Crippen LogP contribution in [-0.4, -0.2) is 81.4 Å². The van der Waals surface area contributed by atoms with Crippen molar-refractivity contribution in [2.45, 2.75) is 116 Å². The molecule has 0 saturated heterocycles. The van der Waals surface area contributed by atoms with Crippen LogP contribution in [0.2, 0.25) is 0 Å². The second-order valence-corrected chi connectivity index (χ2v) is 16.8. The Morgan fingerprint density at radius 1 is 0.881 bits per heavy atom. The number of fused-ring (bicyclic) bond motifs is 2. The van der Waals surface area contributed by atoms with E-state index in [-0.39, 0.29) is 25.9 Å². The maximum atomic E-state index is 14.2. The molecular weight excluding hydrogens is 755 g/mol. The van der Waals surface area contributed by atoms with Gasteiger partial charge in [-0.1, -0.05) is 92.4 Å². The highest BCUT2D eigenvalue weighted by atomic mass is 16.6. The molecule has 0 heterocycles. The van der Waals surface area contributed by atoms with E-state index in [9.17, 15) is 34.5 Å². The lowest BCUT2D eigenvalue weighted by molar-refractivity contribution is -0.200. The molecule has 0 unspecified atom stereocenters. The van der Waals surface area contributed by atoms with E-state index in [4.69, 9.17) is 18.9 Å². The molecule has 3 aliphatic carbocycles. The first-order valence-corrected chi connectivity index (χ1v) is 20.0. The van der Waals surface area contributed by atoms with Gasteiger partial charge in [0, 0.05) is 37.7 Å². The minimum absolute atomic E-state index is 0.00861. The van der Waals surface area contributed by atoms with Crippen LogP contribution in [-0.2, 0) is 39.9 Å². The van der Waals surface area contributed by atoms with Crippen LogP contribution in [0.5, 0.6) is 0 Å². The van der Waals surface area contributed by atoms with Gasteiger partial charge in [-0.25, -0.2) is 4.79 Å². The Bertz CT molecular complexity index is 2060. The predicted molar refractivity (Wildman–Crippen MR) is 217 cm³/mol. The number of hydrogen-bond donors (Lipinski definition) is 4. The number of ether oxygens (including phenoxy) is 4. The lowest BCUT2D eigenvalue weighted by Crippen LogP contribution is -2.59. The van der Waals surface area contributed by atoms with Gasteiger partial charge in [-0.05, 0) is 73.1 Å². The number of esters is 3. The molecule has 2 fully saturated rings. The van der Waals surface area contributed by atoms with E-state index in [2.05, 4.69) is 11.9 Å². The number of carbonyl (C=O) groups excluding carboxylic acids is 4. The van der Waals surface area contributed by atoms with Gasteiger partial charge in [0.25, 0.3) is 5.91 Å². The fraction of sp³-hybridized carbons (Fsp3) is 0.447. The molecule has 0 radical (unpaired) electrons. The van der Waals surface area contributed by atoms with Crippen molar-refractivity contribution < 1.29 is 53.4 Å². The van der Waals surface area contributed by atoms with Crippen LogP contribution in [0.1, 0.15) is 88.3 Å². The third kappa shape index (κ3) is 8.50. The number of carbonyl (C=O) groups is 4. The number of benzene rings is 3. The summed E-state index contributed by atoms with van der Waals surface area (Å²) in [7, 11) is 0. The van der Waals surface area contributed by atoms with Gasteiger partial charge in [-0.15, -0.1) is 0 Å². The van der Waals surface area contributed by atoms with E-state index in [0.29, 0.717) is 27.8 Å². The molecular formula is C47H55NO11. The molecule has 4 N–H and O–H groups in total. The number of aliphatic hydroxyl groups is 3. The third-order valence-corrected chi connectivity index (χ3v) is 12.8. The first-order valence-electron chi connectivity index (χ1n) is 20.0. The monoisotopic (exact) mass is 809 g/mol. The molecule has 10 atom stereocenters. The summed E-state index contributed by atoms with van der Waals surface area (Å²) in [4.78, 5) is 53.4. The van der Waals surface area contributed by atoms with Crippen molar-refractivity contribution in [3.63, 3.8) is 0 Å². The topological polar surface area (TPSA) is 178 Å². The zero-order valence-electron chi connectivity index (χ0n) is 34.4. The second kappa shape index (κ2) is 17.2. The molecule has 3 aromatic carbocycles. The van der Waals surface area contributed by atoms with Crippen molar-refractivity contribution >= 4 is 23.8 Å². The summed E-state index contributed by atoms with van der Waals surface area (Å²) in [5.41, 5.74) is -1.03. The van der Waals surface area contributed by atoms with Crippen LogP contribution in [0.15, 0.2) is 114 Å². The van der Waals surface area contributed by atoms with Crippen LogP contribution in [0, 0.1) is 16.7 Å². The Hall–Kier alpha value is -5.14. The zero-order chi connectivity index (χ0) is 42.9. The average molecular weight is 810 g/mol. The number of nitrogens with one attached hydrogen (secondary N) is 1. The summed E-state index contributed by atoms with van der Waals surface area (Å²) in [6.45, 7) is 13.8. The summed E-state index contributed by atoms with van der Waals surface area (Å²) in [6, 6.07) is 25.2. The molecule has 3 aliphatic rings. The Morgan fingerprint density at radius 2 is 1.46 bits per heavy atom. The van der Waals surface area contributed by atoms with Crippen molar-refractivity contribution in [2.24, 2.45) is 16.7 Å². The highest BCUT2D eigenvalue weighted by molar-refractivity contribution is 5.95. The van der Waals surface area contributed by atoms with Gasteiger partial charge in [0.05, 0.1) is 29.8 Å². The molecule has 3 aromatic rings. The van der Waals surface area contributed by atoms with E-state index in [1.165, 1.54) is 13.8 Å². The molecule has 0 aromatic heterocycles. The van der Waals surface area contributed by atoms with E-state index < -0.39 is 88.8 Å². The Morgan fingerprint density at radius 3 is 2.03 bits per heavy atom. The van der Waals surface area contributed by atoms with Crippen LogP contribution >= 0.6 is 0 Å². The smallest absolute Gasteiger partial charge is 0.338 e. The van der Waals surface area contributed by atoms with Gasteiger partial charge in [0.1, 0.15) is 24.4 Å². The Balaban J connectivity index is 1.47.